The van der Waals surface area contributed by atoms with Gasteiger partial charge in [0.25, 0.3) is 5.56 Å². The number of hydrogen-bond acceptors (Lipinski definition) is 7. The highest BCUT2D eigenvalue weighted by Crippen LogP contribution is 2.29. The van der Waals surface area contributed by atoms with Gasteiger partial charge >= 0.3 is 0 Å². The summed E-state index contributed by atoms with van der Waals surface area (Å²) in [5, 5.41) is 13.6. The highest BCUT2D eigenvalue weighted by atomic mass is 16.5. The number of morpholine rings is 1. The van der Waals surface area contributed by atoms with Crippen LogP contribution in [-0.4, -0.2) is 69.1 Å². The van der Waals surface area contributed by atoms with E-state index in [0.29, 0.717) is 44.2 Å². The van der Waals surface area contributed by atoms with E-state index >= 15 is 0 Å². The van der Waals surface area contributed by atoms with Crippen molar-refractivity contribution in [2.75, 3.05) is 32.9 Å². The lowest BCUT2D eigenvalue weighted by Crippen LogP contribution is -2.42. The van der Waals surface area contributed by atoms with Crippen molar-refractivity contribution in [3.8, 4) is 0 Å². The van der Waals surface area contributed by atoms with Crippen molar-refractivity contribution < 1.29 is 9.47 Å². The largest absolute Gasteiger partial charge is 0.379 e. The molecular weight excluding hydrogens is 396 g/mol. The molecule has 31 heavy (non-hydrogen) atoms. The zero-order valence-electron chi connectivity index (χ0n) is 18.0. The molecular formula is C22H28N6O3. The summed E-state index contributed by atoms with van der Waals surface area (Å²) >= 11 is 0. The van der Waals surface area contributed by atoms with Crippen molar-refractivity contribution in [1.29, 1.82) is 0 Å². The topological polar surface area (TPSA) is 98.2 Å². The molecule has 0 radical (unpaired) electrons. The van der Waals surface area contributed by atoms with Crippen molar-refractivity contribution in [2.24, 2.45) is 0 Å². The van der Waals surface area contributed by atoms with E-state index in [1.807, 2.05) is 13.0 Å². The van der Waals surface area contributed by atoms with Crippen LogP contribution in [0.4, 0.5) is 0 Å². The number of nitrogens with one attached hydrogen (secondary N) is 1. The van der Waals surface area contributed by atoms with Gasteiger partial charge < -0.3 is 14.5 Å². The Kier molecular flexibility index (Phi) is 5.56. The number of ether oxygens (including phenoxy) is 2. The van der Waals surface area contributed by atoms with E-state index < -0.39 is 0 Å². The van der Waals surface area contributed by atoms with E-state index in [1.54, 1.807) is 4.68 Å². The molecule has 0 bridgehead atoms. The Balaban J connectivity index is 1.61. The molecule has 9 nitrogen and oxygen atoms in total. The normalized spacial score (nSPS) is 21.0. The number of benzene rings is 1. The number of rotatable bonds is 5. The Morgan fingerprint density at radius 2 is 2.06 bits per heavy atom. The number of aromatic nitrogens is 5. The highest BCUT2D eigenvalue weighted by molar-refractivity contribution is 5.83. The van der Waals surface area contributed by atoms with Crippen molar-refractivity contribution in [1.82, 2.24) is 30.1 Å². The number of aromatic amines is 1. The fourth-order valence-corrected chi connectivity index (χ4v) is 4.60. The van der Waals surface area contributed by atoms with Gasteiger partial charge in [-0.15, -0.1) is 5.10 Å². The standard InChI is InChI=1S/C22H28N6O3/c1-14-5-6-16-12-18(22(29)23-19(16)15(14)2)20(27-7-10-30-11-8-27)21-24-25-26-28(21)13-17-4-3-9-31-17/h5-6,12,17,20H,3-4,7-11,13H2,1-2H3,(H,23,29)/t17-,20-/m1/s1. The van der Waals surface area contributed by atoms with Gasteiger partial charge in [0.1, 0.15) is 6.04 Å². The van der Waals surface area contributed by atoms with Crippen molar-refractivity contribution in [2.45, 2.75) is 45.4 Å². The Labute approximate surface area is 180 Å². The molecule has 164 valence electrons. The molecule has 9 heteroatoms. The number of pyridine rings is 1. The third-order valence-electron chi connectivity index (χ3n) is 6.49. The molecule has 0 saturated carbocycles. The summed E-state index contributed by atoms with van der Waals surface area (Å²) in [5.41, 5.74) is 3.67. The summed E-state index contributed by atoms with van der Waals surface area (Å²) in [6, 6.07) is 5.79. The number of H-pyrrole nitrogens is 1. The molecule has 2 atom stereocenters. The fraction of sp³-hybridized carbons (Fsp3) is 0.545. The molecule has 2 saturated heterocycles. The summed E-state index contributed by atoms with van der Waals surface area (Å²) in [5.74, 6) is 0.672. The van der Waals surface area contributed by atoms with Crippen LogP contribution in [0, 0.1) is 13.8 Å². The van der Waals surface area contributed by atoms with Crippen LogP contribution in [-0.2, 0) is 16.0 Å². The first-order valence-electron chi connectivity index (χ1n) is 10.9. The minimum Gasteiger partial charge on any atom is -0.379 e. The zero-order chi connectivity index (χ0) is 21.4. The van der Waals surface area contributed by atoms with Gasteiger partial charge in [-0.2, -0.15) is 0 Å². The lowest BCUT2D eigenvalue weighted by molar-refractivity contribution is 0.0205. The Morgan fingerprint density at radius 1 is 1.23 bits per heavy atom. The number of aryl methyl sites for hydroxylation is 2. The molecule has 2 fully saturated rings. The van der Waals surface area contributed by atoms with Gasteiger partial charge in [-0.1, -0.05) is 12.1 Å². The highest BCUT2D eigenvalue weighted by Gasteiger charge is 2.32. The second-order valence-electron chi connectivity index (χ2n) is 8.43. The van der Waals surface area contributed by atoms with Gasteiger partial charge in [-0.05, 0) is 59.7 Å². The predicted molar refractivity (Wildman–Crippen MR) is 115 cm³/mol. The number of hydrogen-bond donors (Lipinski definition) is 1. The first-order chi connectivity index (χ1) is 15.1. The van der Waals surface area contributed by atoms with Crippen LogP contribution < -0.4 is 5.56 Å². The van der Waals surface area contributed by atoms with Crippen LogP contribution in [0.2, 0.25) is 0 Å². The smallest absolute Gasteiger partial charge is 0.253 e. The van der Waals surface area contributed by atoms with Crippen LogP contribution >= 0.6 is 0 Å². The third kappa shape index (κ3) is 3.88. The van der Waals surface area contributed by atoms with E-state index in [4.69, 9.17) is 9.47 Å². The molecule has 2 aromatic heterocycles. The molecule has 4 heterocycles. The molecule has 5 rings (SSSR count). The summed E-state index contributed by atoms with van der Waals surface area (Å²) in [6.45, 7) is 8.11. The first kappa shape index (κ1) is 20.3. The Hall–Kier alpha value is -2.62. The van der Waals surface area contributed by atoms with Crippen LogP contribution in [0.3, 0.4) is 0 Å². The summed E-state index contributed by atoms with van der Waals surface area (Å²) in [4.78, 5) is 18.7. The maximum absolute atomic E-state index is 13.3. The molecule has 1 N–H and O–H groups in total. The minimum atomic E-state index is -0.352. The maximum Gasteiger partial charge on any atom is 0.253 e. The SMILES string of the molecule is Cc1ccc2cc([C@H](c3nnnn3C[C@H]3CCCO3)N3CCOCC3)c(=O)[nH]c2c1C. The Morgan fingerprint density at radius 3 is 2.84 bits per heavy atom. The van der Waals surface area contributed by atoms with Crippen LogP contribution in [0.15, 0.2) is 23.0 Å². The average Bonchev–Trinajstić information content (AvgIpc) is 3.46. The third-order valence-corrected chi connectivity index (χ3v) is 6.49. The predicted octanol–water partition coefficient (Wildman–Crippen LogP) is 1.73. The van der Waals surface area contributed by atoms with E-state index in [-0.39, 0.29) is 17.7 Å². The molecule has 1 aromatic carbocycles. The van der Waals surface area contributed by atoms with Gasteiger partial charge in [0, 0.05) is 25.3 Å². The van der Waals surface area contributed by atoms with Crippen LogP contribution in [0.25, 0.3) is 10.9 Å². The molecule has 0 spiro atoms. The Bertz CT molecular complexity index is 1130. The quantitative estimate of drug-likeness (QED) is 0.666. The van der Waals surface area contributed by atoms with Crippen LogP contribution in [0.5, 0.6) is 0 Å². The van der Waals surface area contributed by atoms with Crippen molar-refractivity contribution in [3.05, 3.63) is 51.1 Å². The number of fused-ring (bicyclic) bond motifs is 1. The van der Waals surface area contributed by atoms with Crippen LogP contribution in [0.1, 0.15) is 41.4 Å². The molecule has 0 unspecified atom stereocenters. The fourth-order valence-electron chi connectivity index (χ4n) is 4.60. The lowest BCUT2D eigenvalue weighted by atomic mass is 10.00. The number of nitrogens with zero attached hydrogens (tertiary/aromatic N) is 5. The van der Waals surface area contributed by atoms with E-state index in [1.165, 1.54) is 0 Å². The molecule has 3 aromatic rings. The van der Waals surface area contributed by atoms with Gasteiger partial charge in [-0.3, -0.25) is 9.69 Å². The van der Waals surface area contributed by atoms with Crippen molar-refractivity contribution in [3.63, 3.8) is 0 Å². The number of tetrazole rings is 1. The maximum atomic E-state index is 13.3. The zero-order valence-corrected chi connectivity index (χ0v) is 18.0. The molecule has 0 amide bonds. The molecule has 2 aliphatic heterocycles. The van der Waals surface area contributed by atoms with Crippen molar-refractivity contribution >= 4 is 10.9 Å². The molecule has 2 aliphatic rings. The van der Waals surface area contributed by atoms with Gasteiger partial charge in [0.2, 0.25) is 0 Å². The summed E-state index contributed by atoms with van der Waals surface area (Å²) < 4.78 is 13.2. The van der Waals surface area contributed by atoms with E-state index in [0.717, 1.165) is 41.5 Å². The van der Waals surface area contributed by atoms with Gasteiger partial charge in [0.05, 0.1) is 31.4 Å². The monoisotopic (exact) mass is 424 g/mol. The average molecular weight is 425 g/mol. The van der Waals surface area contributed by atoms with Gasteiger partial charge in [0.15, 0.2) is 5.82 Å². The van der Waals surface area contributed by atoms with E-state index in [9.17, 15) is 4.79 Å². The second-order valence-corrected chi connectivity index (χ2v) is 8.43. The summed E-state index contributed by atoms with van der Waals surface area (Å²) in [7, 11) is 0. The molecule has 0 aliphatic carbocycles. The first-order valence-corrected chi connectivity index (χ1v) is 10.9. The lowest BCUT2D eigenvalue weighted by Gasteiger charge is -2.33. The van der Waals surface area contributed by atoms with Gasteiger partial charge in [-0.25, -0.2) is 4.68 Å². The van der Waals surface area contributed by atoms with E-state index in [2.05, 4.69) is 44.5 Å². The minimum absolute atomic E-state index is 0.105. The second kappa shape index (κ2) is 8.49. The summed E-state index contributed by atoms with van der Waals surface area (Å²) in [6.07, 6.45) is 2.16.